The van der Waals surface area contributed by atoms with Crippen molar-refractivity contribution in [1.29, 1.82) is 0 Å². The van der Waals surface area contributed by atoms with E-state index < -0.39 is 0 Å². The van der Waals surface area contributed by atoms with Gasteiger partial charge in [-0.1, -0.05) is 78.9 Å². The Kier molecular flexibility index (Phi) is 8.17. The summed E-state index contributed by atoms with van der Waals surface area (Å²) in [6.07, 6.45) is 11.2. The van der Waals surface area contributed by atoms with Gasteiger partial charge in [0, 0.05) is 46.9 Å². The minimum absolute atomic E-state index is 0.810. The van der Waals surface area contributed by atoms with Gasteiger partial charge < -0.3 is 0 Å². The molecule has 3 heterocycles. The Hall–Kier alpha value is -6.79. The Morgan fingerprint density at radius 2 is 1.44 bits per heavy atom. The first-order valence-corrected chi connectivity index (χ1v) is 16.4. The van der Waals surface area contributed by atoms with Gasteiger partial charge in [0.1, 0.15) is 11.0 Å². The molecule has 238 valence electrons. The molecular weight excluding hydrogens is 613 g/mol. The van der Waals surface area contributed by atoms with Gasteiger partial charge in [0.15, 0.2) is 0 Å². The molecular formula is C44H32N6. The number of allylic oxidation sites excluding steroid dienone is 3. The number of aromatic nitrogens is 5. The third-order valence-electron chi connectivity index (χ3n) is 8.87. The SMILES string of the molecule is C=N/C=C\C=C(/C)c1cccc(-c2cc(-c3cccc(-c4cccnc4)c3)c3nn(-c4ccc(-c5cnc6ccccc6c5)cc4)nc3c2)c1. The summed E-state index contributed by atoms with van der Waals surface area (Å²) in [6, 6.07) is 44.1. The fourth-order valence-electron chi connectivity index (χ4n) is 6.23. The molecule has 0 aliphatic carbocycles. The van der Waals surface area contributed by atoms with Gasteiger partial charge in [-0.25, -0.2) is 0 Å². The molecule has 0 N–H and O–H groups in total. The van der Waals surface area contributed by atoms with Crippen molar-refractivity contribution in [3.05, 3.63) is 170 Å². The second-order valence-electron chi connectivity index (χ2n) is 12.1. The van der Waals surface area contributed by atoms with E-state index in [-0.39, 0.29) is 0 Å². The van der Waals surface area contributed by atoms with Gasteiger partial charge in [-0.2, -0.15) is 4.80 Å². The van der Waals surface area contributed by atoms with Crippen LogP contribution in [0.5, 0.6) is 0 Å². The van der Waals surface area contributed by atoms with Crippen LogP contribution in [0.2, 0.25) is 0 Å². The van der Waals surface area contributed by atoms with Gasteiger partial charge in [0.25, 0.3) is 0 Å². The number of pyridine rings is 2. The van der Waals surface area contributed by atoms with Crippen LogP contribution < -0.4 is 0 Å². The number of fused-ring (bicyclic) bond motifs is 2. The predicted molar refractivity (Wildman–Crippen MR) is 206 cm³/mol. The van der Waals surface area contributed by atoms with Crippen LogP contribution in [0.25, 0.3) is 77.7 Å². The molecule has 0 fully saturated rings. The van der Waals surface area contributed by atoms with Crippen LogP contribution in [0, 0.1) is 0 Å². The lowest BCUT2D eigenvalue weighted by atomic mass is 9.94. The summed E-state index contributed by atoms with van der Waals surface area (Å²) < 4.78 is 0. The third-order valence-corrected chi connectivity index (χ3v) is 8.87. The van der Waals surface area contributed by atoms with E-state index in [1.54, 1.807) is 17.2 Å². The highest BCUT2D eigenvalue weighted by Crippen LogP contribution is 2.36. The first-order chi connectivity index (χ1) is 24.6. The van der Waals surface area contributed by atoms with E-state index in [2.05, 4.69) is 132 Å². The number of hydrogen-bond acceptors (Lipinski definition) is 5. The van der Waals surface area contributed by atoms with E-state index >= 15 is 0 Å². The van der Waals surface area contributed by atoms with Gasteiger partial charge >= 0.3 is 0 Å². The maximum Gasteiger partial charge on any atom is 0.121 e. The number of rotatable bonds is 8. The highest BCUT2D eigenvalue weighted by atomic mass is 15.5. The van der Waals surface area contributed by atoms with Crippen molar-refractivity contribution in [3.8, 4) is 50.2 Å². The van der Waals surface area contributed by atoms with Gasteiger partial charge in [-0.15, -0.1) is 10.2 Å². The lowest BCUT2D eigenvalue weighted by Crippen LogP contribution is -1.98. The average molecular weight is 645 g/mol. The van der Waals surface area contributed by atoms with E-state index in [1.165, 1.54) is 0 Å². The van der Waals surface area contributed by atoms with Crippen molar-refractivity contribution in [2.24, 2.45) is 4.99 Å². The minimum Gasteiger partial charge on any atom is -0.273 e. The summed E-state index contributed by atoms with van der Waals surface area (Å²) in [5.41, 5.74) is 14.3. The zero-order valence-corrected chi connectivity index (χ0v) is 27.5. The summed E-state index contributed by atoms with van der Waals surface area (Å²) in [5.74, 6) is 0. The average Bonchev–Trinajstić information content (AvgIpc) is 3.62. The standard InChI is InChI=1S/C44H32N6/c1-30(9-7-21-45-2)32-11-5-13-34(23-32)38-26-41(35-14-6-12-33(24-35)37-15-8-22-46-28-37)44-43(27-38)48-50(49-44)40-19-17-31(18-20-40)39-25-36-10-3-4-16-42(36)47-29-39/h3-29H,2H2,1H3/b21-7-,30-9+. The van der Waals surface area contributed by atoms with Crippen LogP contribution in [0.3, 0.4) is 0 Å². The molecule has 0 amide bonds. The van der Waals surface area contributed by atoms with Crippen LogP contribution >= 0.6 is 0 Å². The summed E-state index contributed by atoms with van der Waals surface area (Å²) in [4.78, 5) is 14.5. The highest BCUT2D eigenvalue weighted by Gasteiger charge is 2.16. The smallest absolute Gasteiger partial charge is 0.121 e. The Morgan fingerprint density at radius 1 is 0.640 bits per heavy atom. The molecule has 50 heavy (non-hydrogen) atoms. The Balaban J connectivity index is 1.23. The van der Waals surface area contributed by atoms with Crippen LogP contribution in [0.15, 0.2) is 169 Å². The van der Waals surface area contributed by atoms with Crippen molar-refractivity contribution in [2.75, 3.05) is 0 Å². The molecule has 0 atom stereocenters. The normalized spacial score (nSPS) is 11.8. The first kappa shape index (κ1) is 30.5. The third kappa shape index (κ3) is 6.14. The monoisotopic (exact) mass is 644 g/mol. The Bertz CT molecular complexity index is 2560. The maximum atomic E-state index is 5.08. The molecule has 8 aromatic rings. The maximum absolute atomic E-state index is 5.08. The molecule has 6 heteroatoms. The number of hydrogen-bond donors (Lipinski definition) is 0. The fraction of sp³-hybridized carbons (Fsp3) is 0.0227. The number of aliphatic imine (C=N–C) groups is 1. The molecule has 0 saturated heterocycles. The van der Waals surface area contributed by atoms with Crippen LogP contribution in [0.1, 0.15) is 12.5 Å². The predicted octanol–water partition coefficient (Wildman–Crippen LogP) is 10.6. The van der Waals surface area contributed by atoms with E-state index in [9.17, 15) is 0 Å². The zero-order chi connectivity index (χ0) is 33.9. The lowest BCUT2D eigenvalue weighted by molar-refractivity contribution is 0.766. The molecule has 0 radical (unpaired) electrons. The van der Waals surface area contributed by atoms with Crippen molar-refractivity contribution in [3.63, 3.8) is 0 Å². The molecule has 0 aliphatic heterocycles. The Labute approximate surface area is 290 Å². The fourth-order valence-corrected chi connectivity index (χ4v) is 6.23. The highest BCUT2D eigenvalue weighted by molar-refractivity contribution is 5.96. The molecule has 0 spiro atoms. The lowest BCUT2D eigenvalue weighted by Gasteiger charge is -2.10. The molecule has 0 unspecified atom stereocenters. The number of nitrogens with zero attached hydrogens (tertiary/aromatic N) is 6. The summed E-state index contributed by atoms with van der Waals surface area (Å²) in [6.45, 7) is 5.62. The van der Waals surface area contributed by atoms with E-state index in [0.717, 1.165) is 83.3 Å². The molecule has 8 rings (SSSR count). The molecule has 6 nitrogen and oxygen atoms in total. The Morgan fingerprint density at radius 3 is 2.28 bits per heavy atom. The number of benzene rings is 5. The van der Waals surface area contributed by atoms with E-state index in [4.69, 9.17) is 10.2 Å². The van der Waals surface area contributed by atoms with Gasteiger partial charge in [-0.05, 0) is 113 Å². The molecule has 5 aromatic carbocycles. The topological polar surface area (TPSA) is 68.8 Å². The molecule has 0 bridgehead atoms. The summed E-state index contributed by atoms with van der Waals surface area (Å²) in [7, 11) is 0. The van der Waals surface area contributed by atoms with Crippen molar-refractivity contribution in [2.45, 2.75) is 6.92 Å². The second-order valence-corrected chi connectivity index (χ2v) is 12.1. The zero-order valence-electron chi connectivity index (χ0n) is 27.5. The van der Waals surface area contributed by atoms with Crippen molar-refractivity contribution < 1.29 is 0 Å². The van der Waals surface area contributed by atoms with Gasteiger partial charge in [-0.3, -0.25) is 15.0 Å². The van der Waals surface area contributed by atoms with Gasteiger partial charge in [0.2, 0.25) is 0 Å². The summed E-state index contributed by atoms with van der Waals surface area (Å²) in [5, 5.41) is 11.2. The van der Waals surface area contributed by atoms with Crippen LogP contribution in [-0.2, 0) is 0 Å². The second kappa shape index (κ2) is 13.4. The van der Waals surface area contributed by atoms with Gasteiger partial charge in [0.05, 0.1) is 11.2 Å². The van der Waals surface area contributed by atoms with E-state index in [1.807, 2.05) is 48.8 Å². The molecule has 0 aliphatic rings. The largest absolute Gasteiger partial charge is 0.273 e. The van der Waals surface area contributed by atoms with Crippen molar-refractivity contribution >= 4 is 34.2 Å². The summed E-state index contributed by atoms with van der Waals surface area (Å²) >= 11 is 0. The molecule has 3 aromatic heterocycles. The van der Waals surface area contributed by atoms with E-state index in [0.29, 0.717) is 0 Å². The van der Waals surface area contributed by atoms with Crippen molar-refractivity contribution in [1.82, 2.24) is 25.0 Å². The van der Waals surface area contributed by atoms with Crippen LogP contribution in [0.4, 0.5) is 0 Å². The van der Waals surface area contributed by atoms with Crippen LogP contribution in [-0.4, -0.2) is 31.7 Å². The quantitative estimate of drug-likeness (QED) is 0.122. The number of para-hydroxylation sites is 1. The minimum atomic E-state index is 0.810. The molecule has 0 saturated carbocycles. The first-order valence-electron chi connectivity index (χ1n) is 16.4.